The SMILES string of the molecule is CCC(N)Cc1ccc(N(C)c2ccc(C)cc2)c(C)c1. The molecule has 0 aliphatic carbocycles. The van der Waals surface area contributed by atoms with E-state index in [1.807, 2.05) is 0 Å². The molecule has 0 aromatic heterocycles. The van der Waals surface area contributed by atoms with Gasteiger partial charge in [0.1, 0.15) is 0 Å². The molecule has 0 amide bonds. The van der Waals surface area contributed by atoms with Crippen LogP contribution in [0.5, 0.6) is 0 Å². The third-order valence-electron chi connectivity index (χ3n) is 4.07. The van der Waals surface area contributed by atoms with Crippen LogP contribution in [0.2, 0.25) is 0 Å². The molecule has 0 aliphatic rings. The van der Waals surface area contributed by atoms with Crippen molar-refractivity contribution in [2.45, 2.75) is 39.7 Å². The molecule has 2 rings (SSSR count). The zero-order valence-corrected chi connectivity index (χ0v) is 13.6. The fourth-order valence-corrected chi connectivity index (χ4v) is 2.58. The average Bonchev–Trinajstić information content (AvgIpc) is 2.47. The van der Waals surface area contributed by atoms with E-state index >= 15 is 0 Å². The van der Waals surface area contributed by atoms with Crippen molar-refractivity contribution in [2.24, 2.45) is 5.73 Å². The van der Waals surface area contributed by atoms with E-state index in [-0.39, 0.29) is 6.04 Å². The minimum Gasteiger partial charge on any atom is -0.344 e. The van der Waals surface area contributed by atoms with E-state index in [9.17, 15) is 0 Å². The lowest BCUT2D eigenvalue weighted by Crippen LogP contribution is -2.21. The van der Waals surface area contributed by atoms with E-state index in [0.29, 0.717) is 0 Å². The Kier molecular flexibility index (Phi) is 5.03. The molecule has 0 aliphatic heterocycles. The summed E-state index contributed by atoms with van der Waals surface area (Å²) in [6, 6.07) is 15.5. The first-order chi connectivity index (χ1) is 10.0. The molecule has 0 fully saturated rings. The van der Waals surface area contributed by atoms with Crippen molar-refractivity contribution < 1.29 is 0 Å². The summed E-state index contributed by atoms with van der Waals surface area (Å²) in [5.74, 6) is 0. The van der Waals surface area contributed by atoms with Gasteiger partial charge in [0.2, 0.25) is 0 Å². The first-order valence-corrected chi connectivity index (χ1v) is 7.66. The number of anilines is 2. The van der Waals surface area contributed by atoms with Crippen LogP contribution in [0.1, 0.15) is 30.0 Å². The average molecular weight is 282 g/mol. The molecule has 112 valence electrons. The van der Waals surface area contributed by atoms with Crippen LogP contribution in [0, 0.1) is 13.8 Å². The minimum absolute atomic E-state index is 0.255. The molecule has 0 radical (unpaired) electrons. The van der Waals surface area contributed by atoms with Crippen LogP contribution < -0.4 is 10.6 Å². The summed E-state index contributed by atoms with van der Waals surface area (Å²) in [5, 5.41) is 0. The van der Waals surface area contributed by atoms with Crippen LogP contribution in [0.25, 0.3) is 0 Å². The van der Waals surface area contributed by atoms with Gasteiger partial charge in [-0.3, -0.25) is 0 Å². The van der Waals surface area contributed by atoms with Crippen LogP contribution >= 0.6 is 0 Å². The Morgan fingerprint density at radius 2 is 1.71 bits per heavy atom. The molecular weight excluding hydrogens is 256 g/mol. The van der Waals surface area contributed by atoms with Crippen molar-refractivity contribution in [3.05, 3.63) is 59.2 Å². The summed E-state index contributed by atoms with van der Waals surface area (Å²) in [6.07, 6.45) is 1.97. The van der Waals surface area contributed by atoms with Gasteiger partial charge in [-0.05, 0) is 56.0 Å². The third kappa shape index (κ3) is 3.85. The highest BCUT2D eigenvalue weighted by Crippen LogP contribution is 2.27. The van der Waals surface area contributed by atoms with Gasteiger partial charge in [0.05, 0.1) is 0 Å². The van der Waals surface area contributed by atoms with E-state index < -0.39 is 0 Å². The molecule has 2 nitrogen and oxygen atoms in total. The fraction of sp³-hybridized carbons (Fsp3) is 0.368. The quantitative estimate of drug-likeness (QED) is 0.883. The summed E-state index contributed by atoms with van der Waals surface area (Å²) < 4.78 is 0. The van der Waals surface area contributed by atoms with Crippen molar-refractivity contribution in [2.75, 3.05) is 11.9 Å². The van der Waals surface area contributed by atoms with E-state index in [1.165, 1.54) is 28.1 Å². The molecule has 0 saturated heterocycles. The van der Waals surface area contributed by atoms with Crippen LogP contribution in [0.4, 0.5) is 11.4 Å². The van der Waals surface area contributed by atoms with Crippen molar-refractivity contribution in [3.8, 4) is 0 Å². The monoisotopic (exact) mass is 282 g/mol. The summed E-state index contributed by atoms with van der Waals surface area (Å²) in [7, 11) is 2.12. The smallest absolute Gasteiger partial charge is 0.0437 e. The number of nitrogens with zero attached hydrogens (tertiary/aromatic N) is 1. The lowest BCUT2D eigenvalue weighted by atomic mass is 10.0. The summed E-state index contributed by atoms with van der Waals surface area (Å²) in [5.41, 5.74) is 12.4. The number of benzene rings is 2. The van der Waals surface area contributed by atoms with Gasteiger partial charge in [-0.15, -0.1) is 0 Å². The van der Waals surface area contributed by atoms with Crippen molar-refractivity contribution >= 4 is 11.4 Å². The maximum absolute atomic E-state index is 6.05. The van der Waals surface area contributed by atoms with Gasteiger partial charge in [0.15, 0.2) is 0 Å². The van der Waals surface area contributed by atoms with Gasteiger partial charge in [-0.2, -0.15) is 0 Å². The standard InChI is InChI=1S/C19H26N2/c1-5-17(20)13-16-8-11-19(15(3)12-16)21(4)18-9-6-14(2)7-10-18/h6-12,17H,5,13,20H2,1-4H3. The first-order valence-electron chi connectivity index (χ1n) is 7.66. The fourth-order valence-electron chi connectivity index (χ4n) is 2.58. The number of hydrogen-bond acceptors (Lipinski definition) is 2. The van der Waals surface area contributed by atoms with Crippen molar-refractivity contribution in [3.63, 3.8) is 0 Å². The predicted molar refractivity (Wildman–Crippen MR) is 92.4 cm³/mol. The molecule has 1 atom stereocenters. The molecule has 2 N–H and O–H groups in total. The second-order valence-electron chi connectivity index (χ2n) is 5.89. The Morgan fingerprint density at radius 3 is 2.29 bits per heavy atom. The number of nitrogens with two attached hydrogens (primary N) is 1. The van der Waals surface area contributed by atoms with Crippen LogP contribution in [0.3, 0.4) is 0 Å². The van der Waals surface area contributed by atoms with E-state index in [4.69, 9.17) is 5.73 Å². The van der Waals surface area contributed by atoms with Gasteiger partial charge < -0.3 is 10.6 Å². The molecule has 0 spiro atoms. The Labute approximate surface area is 128 Å². The number of aryl methyl sites for hydroxylation is 2. The zero-order chi connectivity index (χ0) is 15.4. The Morgan fingerprint density at radius 1 is 1.05 bits per heavy atom. The largest absolute Gasteiger partial charge is 0.344 e. The van der Waals surface area contributed by atoms with Gasteiger partial charge in [0, 0.05) is 24.5 Å². The second kappa shape index (κ2) is 6.77. The molecule has 0 heterocycles. The molecule has 2 heteroatoms. The highest BCUT2D eigenvalue weighted by molar-refractivity contribution is 5.66. The van der Waals surface area contributed by atoms with Gasteiger partial charge in [-0.1, -0.05) is 36.8 Å². The topological polar surface area (TPSA) is 29.3 Å². The highest BCUT2D eigenvalue weighted by Gasteiger charge is 2.09. The minimum atomic E-state index is 0.255. The second-order valence-corrected chi connectivity index (χ2v) is 5.89. The van der Waals surface area contributed by atoms with Crippen molar-refractivity contribution in [1.29, 1.82) is 0 Å². The normalized spacial score (nSPS) is 12.2. The molecule has 0 bridgehead atoms. The van der Waals surface area contributed by atoms with E-state index in [2.05, 4.69) is 75.2 Å². The summed E-state index contributed by atoms with van der Waals surface area (Å²) >= 11 is 0. The molecule has 21 heavy (non-hydrogen) atoms. The van der Waals surface area contributed by atoms with Gasteiger partial charge in [-0.25, -0.2) is 0 Å². The van der Waals surface area contributed by atoms with Crippen LogP contribution in [-0.4, -0.2) is 13.1 Å². The molecule has 2 aromatic rings. The molecule has 2 aromatic carbocycles. The van der Waals surface area contributed by atoms with E-state index in [0.717, 1.165) is 12.8 Å². The highest BCUT2D eigenvalue weighted by atomic mass is 15.1. The van der Waals surface area contributed by atoms with E-state index in [1.54, 1.807) is 0 Å². The van der Waals surface area contributed by atoms with Crippen LogP contribution in [-0.2, 0) is 6.42 Å². The third-order valence-corrected chi connectivity index (χ3v) is 4.07. The van der Waals surface area contributed by atoms with Gasteiger partial charge in [0.25, 0.3) is 0 Å². The number of hydrogen-bond donors (Lipinski definition) is 1. The lowest BCUT2D eigenvalue weighted by molar-refractivity contribution is 0.646. The Bertz CT molecular complexity index is 587. The maximum Gasteiger partial charge on any atom is 0.0437 e. The lowest BCUT2D eigenvalue weighted by Gasteiger charge is -2.22. The maximum atomic E-state index is 6.05. The Balaban J connectivity index is 2.22. The molecule has 1 unspecified atom stereocenters. The number of rotatable bonds is 5. The first kappa shape index (κ1) is 15.6. The Hall–Kier alpha value is -1.80. The zero-order valence-electron chi connectivity index (χ0n) is 13.6. The summed E-state index contributed by atoms with van der Waals surface area (Å²) in [6.45, 7) is 6.42. The van der Waals surface area contributed by atoms with Crippen LogP contribution in [0.15, 0.2) is 42.5 Å². The predicted octanol–water partition coefficient (Wildman–Crippen LogP) is 4.35. The van der Waals surface area contributed by atoms with Crippen molar-refractivity contribution in [1.82, 2.24) is 0 Å². The van der Waals surface area contributed by atoms with Gasteiger partial charge >= 0.3 is 0 Å². The molecular formula is C19H26N2. The molecule has 0 saturated carbocycles. The summed E-state index contributed by atoms with van der Waals surface area (Å²) in [4.78, 5) is 2.23.